The van der Waals surface area contributed by atoms with E-state index in [1.165, 1.54) is 0 Å². The highest BCUT2D eigenvalue weighted by atomic mass is 31.2. The van der Waals surface area contributed by atoms with E-state index in [1.807, 2.05) is 21.1 Å². The molecule has 142 valence electrons. The number of esters is 1. The molecular weight excluding hydrogens is 337 g/mol. The van der Waals surface area contributed by atoms with E-state index < -0.39 is 19.7 Å². The van der Waals surface area contributed by atoms with E-state index in [0.29, 0.717) is 17.6 Å². The summed E-state index contributed by atoms with van der Waals surface area (Å²) in [7, 11) is 2.29. The third-order valence-electron chi connectivity index (χ3n) is 2.81. The molecule has 0 spiro atoms. The van der Waals surface area contributed by atoms with Gasteiger partial charge in [0.2, 0.25) is 0 Å². The first kappa shape index (κ1) is 23.2. The Hall–Kier alpha value is -0.760. The van der Waals surface area contributed by atoms with E-state index in [4.69, 9.17) is 18.7 Å². The molecule has 0 aliphatic heterocycles. The topological polar surface area (TPSA) is 91.3 Å². The average Bonchev–Trinajstić information content (AvgIpc) is 2.43. The van der Waals surface area contributed by atoms with Crippen molar-refractivity contribution in [2.75, 3.05) is 66.9 Å². The molecule has 0 saturated carbocycles. The molecule has 0 radical (unpaired) electrons. The summed E-state index contributed by atoms with van der Waals surface area (Å²) in [5.74, 6) is -0.493. The minimum atomic E-state index is -3.66. The molecular formula is C15H31NO7P+. The second-order valence-corrected chi connectivity index (χ2v) is 8.23. The zero-order valence-electron chi connectivity index (χ0n) is 15.1. The molecule has 8 nitrogen and oxygen atoms in total. The summed E-state index contributed by atoms with van der Waals surface area (Å²) in [5.41, 5.74) is 0. The fourth-order valence-corrected chi connectivity index (χ4v) is 2.79. The van der Waals surface area contributed by atoms with E-state index in [-0.39, 0.29) is 32.6 Å². The molecule has 0 heterocycles. The van der Waals surface area contributed by atoms with Gasteiger partial charge in [0.1, 0.15) is 19.8 Å². The third-order valence-corrected chi connectivity index (χ3v) is 4.37. The summed E-state index contributed by atoms with van der Waals surface area (Å²) in [6.45, 7) is 6.82. The van der Waals surface area contributed by atoms with Crippen LogP contribution in [0.4, 0.5) is 0 Å². The predicted octanol–water partition coefficient (Wildman–Crippen LogP) is 1.05. The van der Waals surface area contributed by atoms with Crippen molar-refractivity contribution >= 4 is 13.6 Å². The first-order valence-corrected chi connectivity index (χ1v) is 9.57. The van der Waals surface area contributed by atoms with Gasteiger partial charge >= 0.3 is 13.6 Å². The smallest absolute Gasteiger partial charge is 0.330 e. The van der Waals surface area contributed by atoms with Gasteiger partial charge in [0, 0.05) is 6.08 Å². The molecule has 0 aromatic rings. The van der Waals surface area contributed by atoms with Gasteiger partial charge in [-0.15, -0.1) is 0 Å². The maximum absolute atomic E-state index is 11.9. The molecule has 0 aliphatic rings. The van der Waals surface area contributed by atoms with Crippen LogP contribution in [-0.4, -0.2) is 88.3 Å². The van der Waals surface area contributed by atoms with Crippen LogP contribution in [0.5, 0.6) is 0 Å². The normalized spacial score (nSPS) is 15.5. The molecule has 0 rings (SSSR count). The number of hydrogen-bond acceptors (Lipinski definition) is 6. The highest BCUT2D eigenvalue weighted by molar-refractivity contribution is 7.52. The average molecular weight is 368 g/mol. The Bertz CT molecular complexity index is 423. The lowest BCUT2D eigenvalue weighted by Crippen LogP contribution is -2.37. The Kier molecular flexibility index (Phi) is 11.4. The lowest BCUT2D eigenvalue weighted by atomic mass is 10.5. The molecule has 0 fully saturated rings. The Balaban J connectivity index is 3.73. The molecule has 0 amide bonds. The minimum Gasteiger partial charge on any atom is -0.460 e. The van der Waals surface area contributed by atoms with Crippen molar-refractivity contribution in [3.05, 3.63) is 12.7 Å². The summed E-state index contributed by atoms with van der Waals surface area (Å²) in [6.07, 6.45) is 0.592. The largest absolute Gasteiger partial charge is 0.460 e. The Morgan fingerprint density at radius 3 is 2.42 bits per heavy atom. The SMILES string of the molecule is C=CC(=O)OCCOCCOC(C)CP(=O)(O)OCC[N+](C)(C)C. The molecule has 0 aliphatic carbocycles. The van der Waals surface area contributed by atoms with Gasteiger partial charge in [-0.1, -0.05) is 6.58 Å². The summed E-state index contributed by atoms with van der Waals surface area (Å²) in [6, 6.07) is 0. The molecule has 0 bridgehead atoms. The van der Waals surface area contributed by atoms with E-state index in [9.17, 15) is 14.3 Å². The first-order chi connectivity index (χ1) is 11.1. The van der Waals surface area contributed by atoms with Crippen LogP contribution in [0.1, 0.15) is 6.92 Å². The predicted molar refractivity (Wildman–Crippen MR) is 90.9 cm³/mol. The zero-order valence-corrected chi connectivity index (χ0v) is 16.0. The van der Waals surface area contributed by atoms with Crippen molar-refractivity contribution in [3.63, 3.8) is 0 Å². The summed E-state index contributed by atoms with van der Waals surface area (Å²) in [4.78, 5) is 20.6. The highest BCUT2D eigenvalue weighted by Crippen LogP contribution is 2.42. The molecule has 0 aromatic heterocycles. The van der Waals surface area contributed by atoms with E-state index in [1.54, 1.807) is 6.92 Å². The van der Waals surface area contributed by atoms with Crippen molar-refractivity contribution in [1.29, 1.82) is 0 Å². The summed E-state index contributed by atoms with van der Waals surface area (Å²) >= 11 is 0. The molecule has 0 saturated heterocycles. The monoisotopic (exact) mass is 368 g/mol. The van der Waals surface area contributed by atoms with Crippen molar-refractivity contribution in [2.45, 2.75) is 13.0 Å². The molecule has 24 heavy (non-hydrogen) atoms. The van der Waals surface area contributed by atoms with Crippen LogP contribution in [-0.2, 0) is 28.1 Å². The van der Waals surface area contributed by atoms with Gasteiger partial charge < -0.3 is 28.1 Å². The first-order valence-electron chi connectivity index (χ1n) is 7.81. The van der Waals surface area contributed by atoms with Crippen LogP contribution in [0.3, 0.4) is 0 Å². The quantitative estimate of drug-likeness (QED) is 0.161. The van der Waals surface area contributed by atoms with Crippen molar-refractivity contribution in [2.24, 2.45) is 0 Å². The van der Waals surface area contributed by atoms with Gasteiger partial charge in [-0.25, -0.2) is 4.79 Å². The fourth-order valence-electron chi connectivity index (χ4n) is 1.56. The summed E-state index contributed by atoms with van der Waals surface area (Å²) < 4.78 is 33.0. The Morgan fingerprint density at radius 2 is 1.83 bits per heavy atom. The van der Waals surface area contributed by atoms with Gasteiger partial charge in [-0.05, 0) is 6.92 Å². The number of nitrogens with zero attached hydrogens (tertiary/aromatic N) is 1. The Labute approximate surface area is 144 Å². The number of quaternary nitrogens is 1. The number of ether oxygens (including phenoxy) is 3. The van der Waals surface area contributed by atoms with Crippen LogP contribution in [0.2, 0.25) is 0 Å². The van der Waals surface area contributed by atoms with Crippen LogP contribution in [0.15, 0.2) is 12.7 Å². The fraction of sp³-hybridized carbons (Fsp3) is 0.800. The highest BCUT2D eigenvalue weighted by Gasteiger charge is 2.24. The zero-order chi connectivity index (χ0) is 18.6. The van der Waals surface area contributed by atoms with Gasteiger partial charge in [-0.2, -0.15) is 0 Å². The number of hydrogen-bond donors (Lipinski definition) is 1. The van der Waals surface area contributed by atoms with Crippen LogP contribution in [0, 0.1) is 0 Å². The maximum atomic E-state index is 11.9. The number of carbonyl (C=O) groups is 1. The van der Waals surface area contributed by atoms with Crippen molar-refractivity contribution in [3.8, 4) is 0 Å². The third kappa shape index (κ3) is 14.8. The second kappa shape index (κ2) is 11.7. The number of rotatable bonds is 14. The van der Waals surface area contributed by atoms with E-state index in [0.717, 1.165) is 6.08 Å². The van der Waals surface area contributed by atoms with Crippen LogP contribution < -0.4 is 0 Å². The van der Waals surface area contributed by atoms with E-state index >= 15 is 0 Å². The lowest BCUT2D eigenvalue weighted by molar-refractivity contribution is -0.870. The maximum Gasteiger partial charge on any atom is 0.330 e. The Morgan fingerprint density at radius 1 is 1.21 bits per heavy atom. The van der Waals surface area contributed by atoms with E-state index in [2.05, 4.69) is 6.58 Å². The molecule has 1 N–H and O–H groups in total. The van der Waals surface area contributed by atoms with Crippen molar-refractivity contribution in [1.82, 2.24) is 0 Å². The van der Waals surface area contributed by atoms with Gasteiger partial charge in [0.25, 0.3) is 0 Å². The number of carbonyl (C=O) groups excluding carboxylic acids is 1. The van der Waals surface area contributed by atoms with Crippen LogP contribution in [0.25, 0.3) is 0 Å². The lowest BCUT2D eigenvalue weighted by Gasteiger charge is -2.24. The molecule has 2 unspecified atom stereocenters. The van der Waals surface area contributed by atoms with Gasteiger partial charge in [-0.3, -0.25) is 4.57 Å². The summed E-state index contributed by atoms with van der Waals surface area (Å²) in [5, 5.41) is 0. The molecule has 9 heteroatoms. The van der Waals surface area contributed by atoms with Crippen LogP contribution >= 0.6 is 7.60 Å². The second-order valence-electron chi connectivity index (χ2n) is 6.33. The van der Waals surface area contributed by atoms with Gasteiger partial charge in [0.05, 0.1) is 53.2 Å². The molecule has 0 aromatic carbocycles. The van der Waals surface area contributed by atoms with Gasteiger partial charge in [0.15, 0.2) is 0 Å². The standard InChI is InChI=1S/C15H30NO7P/c1-6-15(17)22-12-10-20-9-11-21-14(2)13-24(18,19)23-8-7-16(3,4)5/h6,14H,1,7-13H2,2-5H3/p+1. The minimum absolute atomic E-state index is 0.0684. The van der Waals surface area contributed by atoms with Crippen molar-refractivity contribution < 1.29 is 37.5 Å². The number of likely N-dealkylation sites (N-methyl/N-ethyl adjacent to an activating group) is 1. The molecule has 2 atom stereocenters.